The van der Waals surface area contributed by atoms with Crippen LogP contribution in [-0.2, 0) is 19.1 Å². The molecule has 0 radical (unpaired) electrons. The molecule has 0 saturated heterocycles. The monoisotopic (exact) mass is 335 g/mol. The molecule has 9 nitrogen and oxygen atoms in total. The fourth-order valence-electron chi connectivity index (χ4n) is 1.95. The molecule has 9 heteroatoms. The molecular weight excluding hydrogens is 318 g/mol. The number of para-hydroxylation sites is 2. The summed E-state index contributed by atoms with van der Waals surface area (Å²) in [6, 6.07) is 6.09. The lowest BCUT2D eigenvalue weighted by Crippen LogP contribution is -2.44. The van der Waals surface area contributed by atoms with Gasteiger partial charge in [0, 0.05) is 7.05 Å². The van der Waals surface area contributed by atoms with Crippen LogP contribution in [0.15, 0.2) is 24.3 Å². The molecule has 0 spiro atoms. The number of fused-ring (bicyclic) bond motifs is 1. The molecule has 0 aliphatic carbocycles. The van der Waals surface area contributed by atoms with Gasteiger partial charge in [0.25, 0.3) is 11.8 Å². The minimum atomic E-state index is -1.19. The van der Waals surface area contributed by atoms with E-state index in [1.165, 1.54) is 14.0 Å². The Hall–Kier alpha value is -3.10. The Balaban J connectivity index is 1.89. The molecule has 2 atom stereocenters. The van der Waals surface area contributed by atoms with Crippen molar-refractivity contribution in [2.75, 3.05) is 12.4 Å². The van der Waals surface area contributed by atoms with E-state index >= 15 is 0 Å². The van der Waals surface area contributed by atoms with Crippen LogP contribution in [0.3, 0.4) is 0 Å². The van der Waals surface area contributed by atoms with Gasteiger partial charge in [-0.15, -0.1) is 0 Å². The number of carbonyl (C=O) groups excluding carboxylic acids is 4. The number of carbonyl (C=O) groups is 4. The molecule has 3 N–H and O–H groups in total. The van der Waals surface area contributed by atoms with E-state index in [1.54, 1.807) is 24.3 Å². The van der Waals surface area contributed by atoms with Gasteiger partial charge in [-0.05, 0) is 19.1 Å². The maximum absolute atomic E-state index is 11.9. The van der Waals surface area contributed by atoms with Crippen molar-refractivity contribution in [3.8, 4) is 5.75 Å². The number of hydrogen-bond donors (Lipinski definition) is 3. The van der Waals surface area contributed by atoms with Crippen LogP contribution in [0.4, 0.5) is 10.5 Å². The SMILES string of the molecule is CNC(=O)NC(=O)C(C)OC(=O)CC1Oc2ccccc2NC1=O. The van der Waals surface area contributed by atoms with Gasteiger partial charge in [-0.2, -0.15) is 0 Å². The van der Waals surface area contributed by atoms with E-state index < -0.39 is 36.0 Å². The average Bonchev–Trinajstić information content (AvgIpc) is 2.55. The lowest BCUT2D eigenvalue weighted by Gasteiger charge is -2.25. The summed E-state index contributed by atoms with van der Waals surface area (Å²) >= 11 is 0. The summed E-state index contributed by atoms with van der Waals surface area (Å²) in [6.07, 6.45) is -2.60. The van der Waals surface area contributed by atoms with Gasteiger partial charge in [0.2, 0.25) is 0 Å². The van der Waals surface area contributed by atoms with Gasteiger partial charge in [-0.1, -0.05) is 12.1 Å². The minimum absolute atomic E-state index is 0.363. The van der Waals surface area contributed by atoms with Crippen molar-refractivity contribution >= 4 is 29.5 Å². The lowest BCUT2D eigenvalue weighted by atomic mass is 10.1. The van der Waals surface area contributed by atoms with Crippen molar-refractivity contribution in [1.82, 2.24) is 10.6 Å². The molecule has 0 fully saturated rings. The number of hydrogen-bond acceptors (Lipinski definition) is 6. The topological polar surface area (TPSA) is 123 Å². The molecule has 2 unspecified atom stereocenters. The summed E-state index contributed by atoms with van der Waals surface area (Å²) < 4.78 is 10.4. The summed E-state index contributed by atoms with van der Waals surface area (Å²) in [5.74, 6) is -1.61. The molecule has 1 aromatic carbocycles. The highest BCUT2D eigenvalue weighted by atomic mass is 16.6. The number of rotatable bonds is 4. The number of ether oxygens (including phenoxy) is 2. The summed E-state index contributed by atoms with van der Waals surface area (Å²) in [6.45, 7) is 1.31. The van der Waals surface area contributed by atoms with E-state index in [-0.39, 0.29) is 6.42 Å². The van der Waals surface area contributed by atoms with E-state index in [1.807, 2.05) is 5.32 Å². The second kappa shape index (κ2) is 7.44. The Labute approximate surface area is 137 Å². The maximum atomic E-state index is 11.9. The van der Waals surface area contributed by atoms with Gasteiger partial charge in [0.05, 0.1) is 12.1 Å². The molecule has 1 aliphatic heterocycles. The maximum Gasteiger partial charge on any atom is 0.321 e. The van der Waals surface area contributed by atoms with Crippen LogP contribution in [0.2, 0.25) is 0 Å². The number of urea groups is 1. The molecule has 4 amide bonds. The van der Waals surface area contributed by atoms with Crippen molar-refractivity contribution in [3.05, 3.63) is 24.3 Å². The second-order valence-electron chi connectivity index (χ2n) is 5.00. The zero-order valence-electron chi connectivity index (χ0n) is 13.1. The number of imide groups is 1. The van der Waals surface area contributed by atoms with Crippen molar-refractivity contribution in [2.24, 2.45) is 0 Å². The molecule has 2 rings (SSSR count). The first-order chi connectivity index (χ1) is 11.4. The van der Waals surface area contributed by atoms with Gasteiger partial charge in [-0.3, -0.25) is 19.7 Å². The van der Waals surface area contributed by atoms with Crippen LogP contribution >= 0.6 is 0 Å². The Kier molecular flexibility index (Phi) is 5.35. The first kappa shape index (κ1) is 17.3. The normalized spacial score (nSPS) is 16.8. The molecule has 0 aromatic heterocycles. The first-order valence-electron chi connectivity index (χ1n) is 7.19. The van der Waals surface area contributed by atoms with Gasteiger partial charge < -0.3 is 20.1 Å². The number of anilines is 1. The van der Waals surface area contributed by atoms with Crippen LogP contribution in [0.25, 0.3) is 0 Å². The van der Waals surface area contributed by atoms with Gasteiger partial charge in [0.1, 0.15) is 5.75 Å². The van der Waals surface area contributed by atoms with Crippen LogP contribution in [-0.4, -0.2) is 43.1 Å². The standard InChI is InChI=1S/C15H17N3O6/c1-8(13(20)18-15(22)16-2)23-12(19)7-11-14(21)17-9-5-3-4-6-10(9)24-11/h3-6,8,11H,7H2,1-2H3,(H,17,21)(H2,16,18,20,22). The van der Waals surface area contributed by atoms with Gasteiger partial charge in [0.15, 0.2) is 12.2 Å². The molecule has 0 saturated carbocycles. The fraction of sp³-hybridized carbons (Fsp3) is 0.333. The van der Waals surface area contributed by atoms with Crippen LogP contribution in [0.1, 0.15) is 13.3 Å². The predicted molar refractivity (Wildman–Crippen MR) is 82.3 cm³/mol. The van der Waals surface area contributed by atoms with E-state index in [4.69, 9.17) is 9.47 Å². The zero-order valence-corrected chi connectivity index (χ0v) is 13.1. The Morgan fingerprint density at radius 1 is 1.33 bits per heavy atom. The molecule has 128 valence electrons. The highest BCUT2D eigenvalue weighted by molar-refractivity contribution is 6.00. The van der Waals surface area contributed by atoms with Gasteiger partial charge in [-0.25, -0.2) is 4.79 Å². The predicted octanol–water partition coefficient (Wildman–Crippen LogP) is 0.163. The number of amides is 4. The highest BCUT2D eigenvalue weighted by Crippen LogP contribution is 2.29. The summed E-state index contributed by atoms with van der Waals surface area (Å²) in [5, 5.41) is 6.81. The van der Waals surface area contributed by atoms with E-state index in [2.05, 4.69) is 10.6 Å². The third kappa shape index (κ3) is 4.22. The summed E-state index contributed by atoms with van der Waals surface area (Å²) in [4.78, 5) is 46.4. The quantitative estimate of drug-likeness (QED) is 0.674. The average molecular weight is 335 g/mol. The van der Waals surface area contributed by atoms with Crippen LogP contribution < -0.4 is 20.7 Å². The lowest BCUT2D eigenvalue weighted by molar-refractivity contribution is -0.157. The van der Waals surface area contributed by atoms with Crippen LogP contribution in [0.5, 0.6) is 5.75 Å². The van der Waals surface area contributed by atoms with Crippen LogP contribution in [0, 0.1) is 0 Å². The smallest absolute Gasteiger partial charge is 0.321 e. The minimum Gasteiger partial charge on any atom is -0.478 e. The number of nitrogens with one attached hydrogen (secondary N) is 3. The zero-order chi connectivity index (χ0) is 17.7. The molecule has 1 heterocycles. The van der Waals surface area contributed by atoms with Crippen molar-refractivity contribution < 1.29 is 28.7 Å². The third-order valence-corrected chi connectivity index (χ3v) is 3.20. The summed E-state index contributed by atoms with van der Waals surface area (Å²) in [5.41, 5.74) is 0.519. The Morgan fingerprint density at radius 2 is 2.04 bits per heavy atom. The number of esters is 1. The molecule has 1 aromatic rings. The molecule has 24 heavy (non-hydrogen) atoms. The molecule has 0 bridgehead atoms. The third-order valence-electron chi connectivity index (χ3n) is 3.20. The van der Waals surface area contributed by atoms with E-state index in [0.717, 1.165) is 0 Å². The highest BCUT2D eigenvalue weighted by Gasteiger charge is 2.31. The molecule has 1 aliphatic rings. The Bertz CT molecular complexity index is 675. The second-order valence-corrected chi connectivity index (χ2v) is 5.00. The number of benzene rings is 1. The summed E-state index contributed by atoms with van der Waals surface area (Å²) in [7, 11) is 1.34. The molecular formula is C15H17N3O6. The largest absolute Gasteiger partial charge is 0.478 e. The van der Waals surface area contributed by atoms with E-state index in [0.29, 0.717) is 11.4 Å². The fourth-order valence-corrected chi connectivity index (χ4v) is 1.95. The first-order valence-corrected chi connectivity index (χ1v) is 7.19. The van der Waals surface area contributed by atoms with Gasteiger partial charge >= 0.3 is 12.0 Å². The van der Waals surface area contributed by atoms with Crippen molar-refractivity contribution in [1.29, 1.82) is 0 Å². The van der Waals surface area contributed by atoms with Crippen molar-refractivity contribution in [3.63, 3.8) is 0 Å². The Morgan fingerprint density at radius 3 is 2.75 bits per heavy atom. The van der Waals surface area contributed by atoms with Crippen molar-refractivity contribution in [2.45, 2.75) is 25.6 Å². The van der Waals surface area contributed by atoms with E-state index in [9.17, 15) is 19.2 Å².